The first-order valence-corrected chi connectivity index (χ1v) is 15.8. The molecule has 202 valence electrons. The van der Waals surface area contributed by atoms with Crippen LogP contribution in [0.4, 0.5) is 0 Å². The number of unbranched alkanes of at least 4 members (excludes halogenated alkanes) is 1. The van der Waals surface area contributed by atoms with Crippen LogP contribution in [-0.2, 0) is 4.79 Å². The number of amides is 2. The molecule has 2 amide bonds. The van der Waals surface area contributed by atoms with E-state index >= 15 is 0 Å². The molecule has 0 atom stereocenters. The van der Waals surface area contributed by atoms with Crippen molar-refractivity contribution in [2.24, 2.45) is 0 Å². The molecule has 0 bridgehead atoms. The highest BCUT2D eigenvalue weighted by Gasteiger charge is 2.03. The summed E-state index contributed by atoms with van der Waals surface area (Å²) >= 11 is 0. The number of carbonyl (C=O) groups is 2. The number of rotatable bonds is 21. The van der Waals surface area contributed by atoms with Gasteiger partial charge in [0, 0.05) is 36.6 Å². The van der Waals surface area contributed by atoms with Crippen LogP contribution < -0.4 is 10.6 Å². The van der Waals surface area contributed by atoms with Gasteiger partial charge in [0.15, 0.2) is 0 Å². The lowest BCUT2D eigenvalue weighted by Crippen LogP contribution is -2.26. The molecule has 0 aromatic heterocycles. The van der Waals surface area contributed by atoms with E-state index < -0.39 is 0 Å². The van der Waals surface area contributed by atoms with Gasteiger partial charge >= 0.3 is 0 Å². The predicted octanol–water partition coefficient (Wildman–Crippen LogP) is 7.84. The van der Waals surface area contributed by atoms with Gasteiger partial charge in [-0.05, 0) is 57.1 Å². The Morgan fingerprint density at radius 3 is 1.78 bits per heavy atom. The lowest BCUT2D eigenvalue weighted by atomic mass is 10.2. The molecule has 4 nitrogen and oxygen atoms in total. The largest absolute Gasteiger partial charge is 0.355 e. The standard InChI is InChI=1S/C31H44N2O2S2/c1-2-3-4-5-6-7-8-9-10-11-12-13-14-15-16-17-21-24-30(34)32-25-27-36-37-28-26-33-31(35)29-22-19-18-20-23-29/h3-4,6-7,9-10,12-13,15-16,18-20,22-23H,2,5,8,11,14,17,21,24-28H2,1H3,(H,32,34)(H,33,35). The topological polar surface area (TPSA) is 58.2 Å². The average molecular weight is 541 g/mol. The van der Waals surface area contributed by atoms with Crippen LogP contribution in [0.15, 0.2) is 91.1 Å². The molecule has 0 saturated heterocycles. The van der Waals surface area contributed by atoms with E-state index in [9.17, 15) is 9.59 Å². The van der Waals surface area contributed by atoms with Gasteiger partial charge in [0.2, 0.25) is 5.91 Å². The summed E-state index contributed by atoms with van der Waals surface area (Å²) in [7, 11) is 3.43. The minimum atomic E-state index is -0.0388. The Kier molecular flexibility index (Phi) is 22.2. The Morgan fingerprint density at radius 1 is 0.703 bits per heavy atom. The molecule has 0 aliphatic carbocycles. The number of hydrogen-bond donors (Lipinski definition) is 2. The fourth-order valence-corrected chi connectivity index (χ4v) is 4.90. The molecule has 2 N–H and O–H groups in total. The highest BCUT2D eigenvalue weighted by atomic mass is 33.1. The zero-order chi connectivity index (χ0) is 26.7. The van der Waals surface area contributed by atoms with Crippen molar-refractivity contribution in [2.45, 2.75) is 58.3 Å². The minimum Gasteiger partial charge on any atom is -0.355 e. The fraction of sp³-hybridized carbons (Fsp3) is 0.419. The van der Waals surface area contributed by atoms with E-state index in [1.54, 1.807) is 21.6 Å². The predicted molar refractivity (Wildman–Crippen MR) is 165 cm³/mol. The Bertz CT molecular complexity index is 861. The van der Waals surface area contributed by atoms with Crippen LogP contribution in [0.2, 0.25) is 0 Å². The first-order valence-electron chi connectivity index (χ1n) is 13.3. The molecule has 37 heavy (non-hydrogen) atoms. The molecule has 0 fully saturated rings. The third kappa shape index (κ3) is 21.4. The van der Waals surface area contributed by atoms with Crippen molar-refractivity contribution < 1.29 is 9.59 Å². The molecule has 0 heterocycles. The number of nitrogens with one attached hydrogen (secondary N) is 2. The molecule has 0 aliphatic heterocycles. The summed E-state index contributed by atoms with van der Waals surface area (Å²) in [6, 6.07) is 9.23. The third-order valence-corrected chi connectivity index (χ3v) is 7.44. The first kappa shape index (κ1) is 32.6. The SMILES string of the molecule is CCC=CCC=CCC=CCC=CCC=CCCCC(=O)NCCSSCCNC(=O)c1ccccc1. The van der Waals surface area contributed by atoms with Gasteiger partial charge in [0.1, 0.15) is 0 Å². The maximum atomic E-state index is 11.9. The Balaban J connectivity index is 1.88. The minimum absolute atomic E-state index is 0.0388. The van der Waals surface area contributed by atoms with Gasteiger partial charge in [0.25, 0.3) is 5.91 Å². The highest BCUT2D eigenvalue weighted by Crippen LogP contribution is 2.19. The van der Waals surface area contributed by atoms with Crippen LogP contribution in [0.25, 0.3) is 0 Å². The van der Waals surface area contributed by atoms with Gasteiger partial charge < -0.3 is 10.6 Å². The molecule has 1 aromatic carbocycles. The van der Waals surface area contributed by atoms with Crippen LogP contribution in [0.5, 0.6) is 0 Å². The maximum absolute atomic E-state index is 11.9. The van der Waals surface area contributed by atoms with E-state index in [-0.39, 0.29) is 11.8 Å². The quantitative estimate of drug-likeness (QED) is 0.0947. The zero-order valence-corrected chi connectivity index (χ0v) is 23.9. The van der Waals surface area contributed by atoms with Crippen molar-refractivity contribution in [1.29, 1.82) is 0 Å². The number of carbonyl (C=O) groups excluding carboxylic acids is 2. The van der Waals surface area contributed by atoms with Crippen LogP contribution in [0.1, 0.15) is 68.6 Å². The third-order valence-electron chi connectivity index (χ3n) is 5.03. The molecule has 1 aromatic rings. The summed E-state index contributed by atoms with van der Waals surface area (Å²) in [5, 5.41) is 5.89. The van der Waals surface area contributed by atoms with Gasteiger partial charge in [-0.1, -0.05) is 107 Å². The van der Waals surface area contributed by atoms with Gasteiger partial charge in [-0.3, -0.25) is 9.59 Å². The first-order chi connectivity index (χ1) is 18.2. The Labute approximate surface area is 232 Å². The van der Waals surface area contributed by atoms with E-state index in [0.717, 1.165) is 56.5 Å². The van der Waals surface area contributed by atoms with Crippen LogP contribution in [-0.4, -0.2) is 36.4 Å². The molecule has 1 rings (SSSR count). The van der Waals surface area contributed by atoms with Gasteiger partial charge in [-0.15, -0.1) is 0 Å². The number of benzene rings is 1. The Morgan fingerprint density at radius 2 is 1.22 bits per heavy atom. The summed E-state index contributed by atoms with van der Waals surface area (Å²) in [4.78, 5) is 23.9. The molecular weight excluding hydrogens is 496 g/mol. The number of hydrogen-bond acceptors (Lipinski definition) is 4. The monoisotopic (exact) mass is 540 g/mol. The second-order valence-corrected chi connectivity index (χ2v) is 10.9. The summed E-state index contributed by atoms with van der Waals surface area (Å²) in [5.74, 6) is 1.78. The summed E-state index contributed by atoms with van der Waals surface area (Å²) < 4.78 is 0. The summed E-state index contributed by atoms with van der Waals surface area (Å²) in [6.45, 7) is 3.46. The fourth-order valence-electron chi connectivity index (χ4n) is 3.09. The second kappa shape index (κ2) is 25.2. The summed E-state index contributed by atoms with van der Waals surface area (Å²) in [6.07, 6.45) is 29.3. The van der Waals surface area contributed by atoms with E-state index in [0.29, 0.717) is 25.1 Å². The van der Waals surface area contributed by atoms with Crippen molar-refractivity contribution in [3.63, 3.8) is 0 Å². The van der Waals surface area contributed by atoms with Crippen LogP contribution >= 0.6 is 21.6 Å². The van der Waals surface area contributed by atoms with E-state index in [1.807, 2.05) is 30.3 Å². The van der Waals surface area contributed by atoms with E-state index in [2.05, 4.69) is 78.3 Å². The molecule has 6 heteroatoms. The molecule has 0 radical (unpaired) electrons. The van der Waals surface area contributed by atoms with E-state index in [4.69, 9.17) is 0 Å². The van der Waals surface area contributed by atoms with Crippen molar-refractivity contribution >= 4 is 33.4 Å². The molecular formula is C31H44N2O2S2. The van der Waals surface area contributed by atoms with Gasteiger partial charge in [-0.25, -0.2) is 0 Å². The lowest BCUT2D eigenvalue weighted by molar-refractivity contribution is -0.121. The number of allylic oxidation sites excluding steroid dienone is 10. The van der Waals surface area contributed by atoms with Crippen LogP contribution in [0.3, 0.4) is 0 Å². The maximum Gasteiger partial charge on any atom is 0.251 e. The summed E-state index contributed by atoms with van der Waals surface area (Å²) in [5.41, 5.74) is 0.684. The molecule has 0 aliphatic rings. The molecule has 0 unspecified atom stereocenters. The molecule has 0 spiro atoms. The van der Waals surface area contributed by atoms with Crippen molar-refractivity contribution in [3.05, 3.63) is 96.7 Å². The average Bonchev–Trinajstić information content (AvgIpc) is 2.92. The van der Waals surface area contributed by atoms with Gasteiger partial charge in [-0.2, -0.15) is 0 Å². The Hall–Kier alpha value is -2.44. The van der Waals surface area contributed by atoms with Crippen molar-refractivity contribution in [1.82, 2.24) is 10.6 Å². The zero-order valence-electron chi connectivity index (χ0n) is 22.3. The van der Waals surface area contributed by atoms with Crippen LogP contribution in [0, 0.1) is 0 Å². The lowest BCUT2D eigenvalue weighted by Gasteiger charge is -2.06. The smallest absolute Gasteiger partial charge is 0.251 e. The normalized spacial score (nSPS) is 12.0. The highest BCUT2D eigenvalue weighted by molar-refractivity contribution is 8.76. The van der Waals surface area contributed by atoms with Crippen molar-refractivity contribution in [3.8, 4) is 0 Å². The second-order valence-electron chi connectivity index (χ2n) is 8.22. The van der Waals surface area contributed by atoms with Crippen molar-refractivity contribution in [2.75, 3.05) is 24.6 Å². The van der Waals surface area contributed by atoms with Gasteiger partial charge in [0.05, 0.1) is 0 Å². The van der Waals surface area contributed by atoms with E-state index in [1.165, 1.54) is 0 Å². The molecule has 0 saturated carbocycles.